The summed E-state index contributed by atoms with van der Waals surface area (Å²) in [6, 6.07) is -1.82. The van der Waals surface area contributed by atoms with Gasteiger partial charge in [-0.1, -0.05) is 19.8 Å². The summed E-state index contributed by atoms with van der Waals surface area (Å²) >= 11 is 0. The lowest BCUT2D eigenvalue weighted by Gasteiger charge is -2.20. The number of rotatable bonds is 7. The van der Waals surface area contributed by atoms with Gasteiger partial charge in [0.2, 0.25) is 0 Å². The van der Waals surface area contributed by atoms with Gasteiger partial charge in [0.1, 0.15) is 6.04 Å². The zero-order chi connectivity index (χ0) is 13.4. The number of unbranched alkanes of at least 4 members (excludes halogenated alkanes) is 1. The fourth-order valence-electron chi connectivity index (χ4n) is 1.21. The average Bonchev–Trinajstić information content (AvgIpc) is 2.22. The molecule has 0 aliphatic carbocycles. The summed E-state index contributed by atoms with van der Waals surface area (Å²) in [4.78, 5) is 22.9. The van der Waals surface area contributed by atoms with Crippen molar-refractivity contribution < 1.29 is 23.5 Å². The van der Waals surface area contributed by atoms with Crippen LogP contribution < -0.4 is 5.32 Å². The molecule has 17 heavy (non-hydrogen) atoms. The van der Waals surface area contributed by atoms with Crippen molar-refractivity contribution in [3.63, 3.8) is 0 Å². The van der Waals surface area contributed by atoms with Crippen LogP contribution in [-0.4, -0.2) is 48.1 Å². The number of hydrogen-bond donors (Lipinski definition) is 2. The highest BCUT2D eigenvalue weighted by Gasteiger charge is 2.22. The van der Waals surface area contributed by atoms with Crippen molar-refractivity contribution in [2.45, 2.75) is 38.7 Å². The SMILES string of the molecule is CCCC[C@H](NC(=O)N(C)CC(F)F)C(=O)O. The summed E-state index contributed by atoms with van der Waals surface area (Å²) in [5.41, 5.74) is 0. The lowest BCUT2D eigenvalue weighted by atomic mass is 10.1. The zero-order valence-electron chi connectivity index (χ0n) is 9.95. The minimum Gasteiger partial charge on any atom is -0.480 e. The van der Waals surface area contributed by atoms with Crippen molar-refractivity contribution in [1.82, 2.24) is 10.2 Å². The van der Waals surface area contributed by atoms with Gasteiger partial charge in [-0.2, -0.15) is 0 Å². The van der Waals surface area contributed by atoms with E-state index in [1.165, 1.54) is 7.05 Å². The standard InChI is InChI=1S/C10H18F2N2O3/c1-3-4-5-7(9(15)16)13-10(17)14(2)6-8(11)12/h7-8H,3-6H2,1-2H3,(H,13,17)(H,15,16)/t7-/m0/s1. The van der Waals surface area contributed by atoms with Gasteiger partial charge in [-0.15, -0.1) is 0 Å². The quantitative estimate of drug-likeness (QED) is 0.722. The molecule has 0 bridgehead atoms. The third kappa shape index (κ3) is 6.70. The topological polar surface area (TPSA) is 69.6 Å². The maximum atomic E-state index is 12.0. The molecule has 0 saturated carbocycles. The molecule has 1 atom stereocenters. The highest BCUT2D eigenvalue weighted by Crippen LogP contribution is 2.02. The van der Waals surface area contributed by atoms with Gasteiger partial charge in [0.05, 0.1) is 6.54 Å². The number of carbonyl (C=O) groups excluding carboxylic acids is 1. The van der Waals surface area contributed by atoms with Crippen LogP contribution in [0.25, 0.3) is 0 Å². The number of halogens is 2. The van der Waals surface area contributed by atoms with Gasteiger partial charge >= 0.3 is 12.0 Å². The second-order valence-electron chi connectivity index (χ2n) is 3.75. The molecule has 0 saturated heterocycles. The first kappa shape index (κ1) is 15.6. The van der Waals surface area contributed by atoms with Crippen LogP contribution in [0.15, 0.2) is 0 Å². The molecule has 0 fully saturated rings. The maximum absolute atomic E-state index is 12.0. The largest absolute Gasteiger partial charge is 0.480 e. The van der Waals surface area contributed by atoms with Crippen molar-refractivity contribution in [3.8, 4) is 0 Å². The van der Waals surface area contributed by atoms with Crippen LogP contribution in [0.1, 0.15) is 26.2 Å². The molecule has 0 radical (unpaired) electrons. The average molecular weight is 252 g/mol. The van der Waals surface area contributed by atoms with Gasteiger partial charge < -0.3 is 15.3 Å². The molecule has 0 rings (SSSR count). The molecule has 0 heterocycles. The second-order valence-corrected chi connectivity index (χ2v) is 3.75. The summed E-state index contributed by atoms with van der Waals surface area (Å²) in [6.45, 7) is 1.18. The van der Waals surface area contributed by atoms with E-state index in [-0.39, 0.29) is 0 Å². The van der Waals surface area contributed by atoms with E-state index in [4.69, 9.17) is 5.11 Å². The number of hydrogen-bond acceptors (Lipinski definition) is 2. The molecule has 7 heteroatoms. The van der Waals surface area contributed by atoms with E-state index in [1.54, 1.807) is 0 Å². The lowest BCUT2D eigenvalue weighted by molar-refractivity contribution is -0.139. The minimum atomic E-state index is -2.63. The maximum Gasteiger partial charge on any atom is 0.326 e. The van der Waals surface area contributed by atoms with E-state index in [0.29, 0.717) is 12.8 Å². The van der Waals surface area contributed by atoms with Crippen LogP contribution in [0.3, 0.4) is 0 Å². The first-order chi connectivity index (χ1) is 7.88. The zero-order valence-corrected chi connectivity index (χ0v) is 9.95. The fourth-order valence-corrected chi connectivity index (χ4v) is 1.21. The molecule has 0 aliphatic heterocycles. The Balaban J connectivity index is 4.24. The number of carbonyl (C=O) groups is 2. The van der Waals surface area contributed by atoms with E-state index in [9.17, 15) is 18.4 Å². The Hall–Kier alpha value is -1.40. The molecule has 0 unspecified atom stereocenters. The number of nitrogens with zero attached hydrogens (tertiary/aromatic N) is 1. The van der Waals surface area contributed by atoms with Crippen LogP contribution >= 0.6 is 0 Å². The summed E-state index contributed by atoms with van der Waals surface area (Å²) in [7, 11) is 1.19. The Kier molecular flexibility index (Phi) is 7.16. The second kappa shape index (κ2) is 7.81. The predicted octanol–water partition coefficient (Wildman–Crippen LogP) is 1.54. The highest BCUT2D eigenvalue weighted by atomic mass is 19.3. The Morgan fingerprint density at radius 2 is 2.00 bits per heavy atom. The Morgan fingerprint density at radius 3 is 2.41 bits per heavy atom. The highest BCUT2D eigenvalue weighted by molar-refractivity contribution is 5.82. The molecule has 0 aromatic carbocycles. The van der Waals surface area contributed by atoms with Crippen molar-refractivity contribution in [3.05, 3.63) is 0 Å². The van der Waals surface area contributed by atoms with Gasteiger partial charge in [0.25, 0.3) is 6.43 Å². The Labute approximate surface area is 98.8 Å². The molecule has 0 aromatic rings. The van der Waals surface area contributed by atoms with Crippen molar-refractivity contribution >= 4 is 12.0 Å². The molecular formula is C10H18F2N2O3. The van der Waals surface area contributed by atoms with E-state index < -0.39 is 31.0 Å². The van der Waals surface area contributed by atoms with Crippen LogP contribution in [0, 0.1) is 0 Å². The van der Waals surface area contributed by atoms with Crippen molar-refractivity contribution in [2.24, 2.45) is 0 Å². The minimum absolute atomic E-state index is 0.292. The predicted molar refractivity (Wildman–Crippen MR) is 58.1 cm³/mol. The number of carboxylic acids is 1. The first-order valence-electron chi connectivity index (χ1n) is 5.41. The van der Waals surface area contributed by atoms with Gasteiger partial charge in [-0.25, -0.2) is 18.4 Å². The molecule has 0 aliphatic rings. The van der Waals surface area contributed by atoms with Crippen LogP contribution in [0.4, 0.5) is 13.6 Å². The van der Waals surface area contributed by atoms with Gasteiger partial charge in [0, 0.05) is 7.05 Å². The van der Waals surface area contributed by atoms with Gasteiger partial charge in [-0.05, 0) is 6.42 Å². The smallest absolute Gasteiger partial charge is 0.326 e. The summed E-state index contributed by atoms with van der Waals surface area (Å²) in [5.74, 6) is -1.16. The molecule has 0 spiro atoms. The van der Waals surface area contributed by atoms with E-state index in [1.807, 2.05) is 6.92 Å². The normalized spacial score (nSPS) is 12.3. The van der Waals surface area contributed by atoms with Crippen molar-refractivity contribution in [1.29, 1.82) is 0 Å². The molecular weight excluding hydrogens is 234 g/mol. The van der Waals surface area contributed by atoms with Crippen LogP contribution in [0.5, 0.6) is 0 Å². The number of carboxylic acid groups (broad SMARTS) is 1. The number of amides is 2. The lowest BCUT2D eigenvalue weighted by Crippen LogP contribution is -2.47. The number of alkyl halides is 2. The molecule has 2 N–H and O–H groups in total. The number of nitrogens with one attached hydrogen (secondary N) is 1. The third-order valence-electron chi connectivity index (χ3n) is 2.20. The summed E-state index contributed by atoms with van der Waals surface area (Å²) in [6.07, 6.45) is -0.896. The Morgan fingerprint density at radius 1 is 1.41 bits per heavy atom. The number of urea groups is 1. The van der Waals surface area contributed by atoms with Gasteiger partial charge in [0.15, 0.2) is 0 Å². The van der Waals surface area contributed by atoms with Crippen LogP contribution in [0.2, 0.25) is 0 Å². The molecule has 5 nitrogen and oxygen atoms in total. The van der Waals surface area contributed by atoms with E-state index in [2.05, 4.69) is 5.32 Å². The fraction of sp³-hybridized carbons (Fsp3) is 0.800. The third-order valence-corrected chi connectivity index (χ3v) is 2.20. The van der Waals surface area contributed by atoms with Gasteiger partial charge in [-0.3, -0.25) is 0 Å². The Bertz CT molecular complexity index is 262. The number of aliphatic carboxylic acids is 1. The summed E-state index contributed by atoms with van der Waals surface area (Å²) in [5, 5.41) is 11.0. The summed E-state index contributed by atoms with van der Waals surface area (Å²) < 4.78 is 24.0. The molecule has 2 amide bonds. The van der Waals surface area contributed by atoms with Crippen LogP contribution in [-0.2, 0) is 4.79 Å². The van der Waals surface area contributed by atoms with E-state index >= 15 is 0 Å². The van der Waals surface area contributed by atoms with E-state index in [0.717, 1.165) is 11.3 Å². The van der Waals surface area contributed by atoms with Crippen molar-refractivity contribution in [2.75, 3.05) is 13.6 Å². The monoisotopic (exact) mass is 252 g/mol. The molecule has 0 aromatic heterocycles. The first-order valence-corrected chi connectivity index (χ1v) is 5.41. The molecule has 100 valence electrons.